The van der Waals surface area contributed by atoms with Gasteiger partial charge in [0.25, 0.3) is 5.56 Å². The molecule has 25 heavy (non-hydrogen) atoms. The lowest BCUT2D eigenvalue weighted by atomic mass is 10.0. The Labute approximate surface area is 155 Å². The van der Waals surface area contributed by atoms with Crippen molar-refractivity contribution >= 4 is 28.2 Å². The predicted octanol–water partition coefficient (Wildman–Crippen LogP) is 0.986. The second-order valence-corrected chi connectivity index (χ2v) is 7.21. The van der Waals surface area contributed by atoms with Crippen molar-refractivity contribution in [3.05, 3.63) is 45.2 Å². The summed E-state index contributed by atoms with van der Waals surface area (Å²) in [4.78, 5) is 19.1. The van der Waals surface area contributed by atoms with Gasteiger partial charge in [-0.2, -0.15) is 0 Å². The van der Waals surface area contributed by atoms with Crippen LogP contribution >= 0.6 is 12.2 Å². The van der Waals surface area contributed by atoms with Crippen LogP contribution in [0.3, 0.4) is 0 Å². The van der Waals surface area contributed by atoms with Crippen molar-refractivity contribution in [3.63, 3.8) is 0 Å². The first-order valence-corrected chi connectivity index (χ1v) is 9.18. The minimum atomic E-state index is -0.0392. The van der Waals surface area contributed by atoms with E-state index in [9.17, 15) is 4.79 Å². The molecule has 2 aromatic rings. The standard InChI is InChI=1S/C19H28N4OS/c1-6-20-19(25)23(10-9-22(4)5)12-15-11-16-13(2)7-8-14(3)17(16)21-18(15)24/h7-8,11H,6,9-10,12H2,1-5H3,(H,20,25)(H,21,24)/p+1. The summed E-state index contributed by atoms with van der Waals surface area (Å²) in [5.41, 5.74) is 3.88. The van der Waals surface area contributed by atoms with Gasteiger partial charge in [-0.05, 0) is 50.2 Å². The van der Waals surface area contributed by atoms with Gasteiger partial charge in [-0.3, -0.25) is 4.79 Å². The second kappa shape index (κ2) is 8.45. The zero-order valence-electron chi connectivity index (χ0n) is 15.8. The van der Waals surface area contributed by atoms with E-state index >= 15 is 0 Å². The van der Waals surface area contributed by atoms with E-state index in [0.29, 0.717) is 11.7 Å². The van der Waals surface area contributed by atoms with Gasteiger partial charge in [0, 0.05) is 17.5 Å². The largest absolute Gasteiger partial charge is 0.363 e. The van der Waals surface area contributed by atoms with Crippen molar-refractivity contribution in [3.8, 4) is 0 Å². The Morgan fingerprint density at radius 3 is 2.60 bits per heavy atom. The van der Waals surface area contributed by atoms with Gasteiger partial charge in [-0.25, -0.2) is 0 Å². The summed E-state index contributed by atoms with van der Waals surface area (Å²) in [6, 6.07) is 6.15. The molecule has 0 aliphatic heterocycles. The van der Waals surface area contributed by atoms with Crippen LogP contribution in [0.4, 0.5) is 0 Å². The van der Waals surface area contributed by atoms with E-state index in [0.717, 1.165) is 47.2 Å². The highest BCUT2D eigenvalue weighted by Gasteiger charge is 2.15. The van der Waals surface area contributed by atoms with Crippen molar-refractivity contribution in [1.82, 2.24) is 15.2 Å². The lowest BCUT2D eigenvalue weighted by Crippen LogP contribution is -3.06. The van der Waals surface area contributed by atoms with Gasteiger partial charge < -0.3 is 20.1 Å². The van der Waals surface area contributed by atoms with Gasteiger partial charge >= 0.3 is 0 Å². The molecule has 5 nitrogen and oxygen atoms in total. The molecule has 0 radical (unpaired) electrons. The van der Waals surface area contributed by atoms with Gasteiger partial charge in [-0.15, -0.1) is 0 Å². The highest BCUT2D eigenvalue weighted by molar-refractivity contribution is 7.80. The molecular weight excluding hydrogens is 332 g/mol. The number of benzene rings is 1. The molecule has 0 aliphatic carbocycles. The molecule has 0 atom stereocenters. The van der Waals surface area contributed by atoms with Crippen molar-refractivity contribution < 1.29 is 4.90 Å². The summed E-state index contributed by atoms with van der Waals surface area (Å²) in [5.74, 6) is 0. The molecule has 0 fully saturated rings. The summed E-state index contributed by atoms with van der Waals surface area (Å²) in [5, 5.41) is 5.00. The van der Waals surface area contributed by atoms with E-state index in [2.05, 4.69) is 42.3 Å². The SMILES string of the molecule is CCNC(=S)N(CC[NH+](C)C)Cc1cc2c(C)ccc(C)c2[nH]c1=O. The first-order chi connectivity index (χ1) is 11.8. The van der Waals surface area contributed by atoms with E-state index in [1.165, 1.54) is 4.90 Å². The minimum absolute atomic E-state index is 0.0392. The quantitative estimate of drug-likeness (QED) is 0.672. The molecule has 2 rings (SSSR count). The Bertz CT molecular complexity index is 813. The van der Waals surface area contributed by atoms with Crippen molar-refractivity contribution in [1.29, 1.82) is 0 Å². The molecule has 0 saturated carbocycles. The number of aromatic amines is 1. The smallest absolute Gasteiger partial charge is 0.253 e. The second-order valence-electron chi connectivity index (χ2n) is 6.83. The lowest BCUT2D eigenvalue weighted by molar-refractivity contribution is -0.857. The van der Waals surface area contributed by atoms with Crippen LogP contribution in [0.1, 0.15) is 23.6 Å². The zero-order chi connectivity index (χ0) is 18.6. The van der Waals surface area contributed by atoms with Crippen LogP contribution in [-0.4, -0.2) is 48.7 Å². The van der Waals surface area contributed by atoms with Crippen LogP contribution in [0.15, 0.2) is 23.0 Å². The molecule has 0 amide bonds. The average Bonchev–Trinajstić information content (AvgIpc) is 2.55. The third-order valence-corrected chi connectivity index (χ3v) is 4.78. The number of nitrogens with zero attached hydrogens (tertiary/aromatic N) is 1. The monoisotopic (exact) mass is 361 g/mol. The number of rotatable bonds is 6. The molecule has 0 unspecified atom stereocenters. The van der Waals surface area contributed by atoms with Crippen LogP contribution in [0.5, 0.6) is 0 Å². The number of quaternary nitrogens is 1. The molecule has 0 aliphatic rings. The third kappa shape index (κ3) is 4.80. The maximum atomic E-state index is 12.6. The summed E-state index contributed by atoms with van der Waals surface area (Å²) < 4.78 is 0. The Kier molecular flexibility index (Phi) is 6.56. The van der Waals surface area contributed by atoms with Gasteiger partial charge in [0.05, 0.1) is 39.2 Å². The predicted molar refractivity (Wildman–Crippen MR) is 108 cm³/mol. The fourth-order valence-corrected chi connectivity index (χ4v) is 3.12. The van der Waals surface area contributed by atoms with Crippen molar-refractivity contribution in [2.75, 3.05) is 33.7 Å². The normalized spacial score (nSPS) is 11.1. The third-order valence-electron chi connectivity index (χ3n) is 4.38. The number of aryl methyl sites for hydroxylation is 2. The number of hydrogen-bond acceptors (Lipinski definition) is 2. The lowest BCUT2D eigenvalue weighted by Gasteiger charge is -2.26. The van der Waals surface area contributed by atoms with Crippen LogP contribution < -0.4 is 15.8 Å². The topological polar surface area (TPSA) is 52.6 Å². The number of pyridine rings is 1. The molecule has 1 aromatic carbocycles. The van der Waals surface area contributed by atoms with E-state index in [-0.39, 0.29) is 5.56 Å². The van der Waals surface area contributed by atoms with Crippen LogP contribution in [-0.2, 0) is 6.54 Å². The molecular formula is C19H29N4OS+. The molecule has 136 valence electrons. The van der Waals surface area contributed by atoms with E-state index in [1.807, 2.05) is 26.0 Å². The van der Waals surface area contributed by atoms with Crippen LogP contribution in [0, 0.1) is 13.8 Å². The Hall–Kier alpha value is -1.92. The molecule has 0 spiro atoms. The highest BCUT2D eigenvalue weighted by Crippen LogP contribution is 2.20. The molecule has 1 aromatic heterocycles. The molecule has 0 bridgehead atoms. The number of likely N-dealkylation sites (N-methyl/N-ethyl adjacent to an activating group) is 1. The van der Waals surface area contributed by atoms with Gasteiger partial charge in [0.15, 0.2) is 5.11 Å². The van der Waals surface area contributed by atoms with Crippen LogP contribution in [0.25, 0.3) is 10.9 Å². The molecule has 1 heterocycles. The first kappa shape index (κ1) is 19.4. The van der Waals surface area contributed by atoms with E-state index in [1.54, 1.807) is 0 Å². The highest BCUT2D eigenvalue weighted by atomic mass is 32.1. The summed E-state index contributed by atoms with van der Waals surface area (Å²) >= 11 is 5.50. The fourth-order valence-electron chi connectivity index (χ4n) is 2.82. The minimum Gasteiger partial charge on any atom is -0.363 e. The van der Waals surface area contributed by atoms with Gasteiger partial charge in [0.2, 0.25) is 0 Å². The molecule has 6 heteroatoms. The summed E-state index contributed by atoms with van der Waals surface area (Å²) in [7, 11) is 4.23. The maximum Gasteiger partial charge on any atom is 0.253 e. The number of fused-ring (bicyclic) bond motifs is 1. The maximum absolute atomic E-state index is 12.6. The fraction of sp³-hybridized carbons (Fsp3) is 0.474. The Balaban J connectivity index is 2.37. The number of aromatic nitrogens is 1. The van der Waals surface area contributed by atoms with Crippen molar-refractivity contribution in [2.45, 2.75) is 27.3 Å². The van der Waals surface area contributed by atoms with Gasteiger partial charge in [-0.1, -0.05) is 12.1 Å². The number of thiocarbonyl (C=S) groups is 1. The van der Waals surface area contributed by atoms with E-state index < -0.39 is 0 Å². The summed E-state index contributed by atoms with van der Waals surface area (Å²) in [6.07, 6.45) is 0. The van der Waals surface area contributed by atoms with E-state index in [4.69, 9.17) is 12.2 Å². The van der Waals surface area contributed by atoms with Crippen LogP contribution in [0.2, 0.25) is 0 Å². The average molecular weight is 362 g/mol. The van der Waals surface area contributed by atoms with Gasteiger partial charge in [0.1, 0.15) is 0 Å². The Morgan fingerprint density at radius 1 is 1.28 bits per heavy atom. The first-order valence-electron chi connectivity index (χ1n) is 8.77. The number of nitrogens with one attached hydrogen (secondary N) is 3. The zero-order valence-corrected chi connectivity index (χ0v) is 16.6. The Morgan fingerprint density at radius 2 is 1.96 bits per heavy atom. The van der Waals surface area contributed by atoms with Crippen molar-refractivity contribution in [2.24, 2.45) is 0 Å². The number of hydrogen-bond donors (Lipinski definition) is 3. The number of H-pyrrole nitrogens is 1. The molecule has 3 N–H and O–H groups in total. The molecule has 0 saturated heterocycles. The summed E-state index contributed by atoms with van der Waals surface area (Å²) in [6.45, 7) is 9.16.